The number of amides is 1. The molecular weight excluding hydrogens is 292 g/mol. The van der Waals surface area contributed by atoms with Crippen LogP contribution >= 0.6 is 0 Å². The van der Waals surface area contributed by atoms with Gasteiger partial charge >= 0.3 is 0 Å². The molecule has 0 aliphatic heterocycles. The molecule has 0 fully saturated rings. The van der Waals surface area contributed by atoms with Crippen molar-refractivity contribution in [3.05, 3.63) is 29.8 Å². The lowest BCUT2D eigenvalue weighted by Gasteiger charge is -2.21. The van der Waals surface area contributed by atoms with Crippen LogP contribution in [0.2, 0.25) is 0 Å². The molecule has 0 atom stereocenters. The molecule has 0 aromatic heterocycles. The number of carbonyl (C=O) groups excluding carboxylic acids is 1. The van der Waals surface area contributed by atoms with Gasteiger partial charge in [-0.2, -0.15) is 0 Å². The minimum absolute atomic E-state index is 0.0333. The van der Waals surface area contributed by atoms with Crippen molar-refractivity contribution in [1.29, 1.82) is 0 Å². The van der Waals surface area contributed by atoms with Crippen LogP contribution < -0.4 is 9.46 Å². The third-order valence-corrected chi connectivity index (χ3v) is 4.47. The van der Waals surface area contributed by atoms with Crippen LogP contribution in [0.25, 0.3) is 0 Å². The minimum Gasteiger partial charge on any atom is -0.497 e. The Hall–Kier alpha value is -1.60. The van der Waals surface area contributed by atoms with E-state index in [2.05, 4.69) is 4.72 Å². The van der Waals surface area contributed by atoms with Gasteiger partial charge in [0.25, 0.3) is 0 Å². The first kappa shape index (κ1) is 17.5. The normalized spacial score (nSPS) is 11.2. The van der Waals surface area contributed by atoms with Gasteiger partial charge in [0.2, 0.25) is 15.9 Å². The zero-order valence-corrected chi connectivity index (χ0v) is 13.4. The number of benzene rings is 1. The maximum Gasteiger partial charge on any atom is 0.219 e. The molecule has 1 aromatic rings. The van der Waals surface area contributed by atoms with Gasteiger partial charge in [-0.05, 0) is 24.6 Å². The summed E-state index contributed by atoms with van der Waals surface area (Å²) in [5.41, 5.74) is 0.962. The van der Waals surface area contributed by atoms with E-state index in [0.717, 1.165) is 11.3 Å². The average Bonchev–Trinajstić information content (AvgIpc) is 2.46. The number of hydrogen-bond donors (Lipinski definition) is 1. The number of sulfonamides is 1. The molecule has 1 aromatic carbocycles. The van der Waals surface area contributed by atoms with Crippen molar-refractivity contribution < 1.29 is 17.9 Å². The molecule has 118 valence electrons. The lowest BCUT2D eigenvalue weighted by atomic mass is 10.2. The van der Waals surface area contributed by atoms with E-state index in [4.69, 9.17) is 4.74 Å². The van der Waals surface area contributed by atoms with Crippen LogP contribution in [0.3, 0.4) is 0 Å². The highest BCUT2D eigenvalue weighted by molar-refractivity contribution is 7.89. The molecule has 0 bridgehead atoms. The Labute approximate surface area is 126 Å². The van der Waals surface area contributed by atoms with Crippen LogP contribution in [0.5, 0.6) is 5.75 Å². The highest BCUT2D eigenvalue weighted by atomic mass is 32.2. The van der Waals surface area contributed by atoms with Gasteiger partial charge < -0.3 is 9.64 Å². The molecule has 1 N–H and O–H groups in total. The summed E-state index contributed by atoms with van der Waals surface area (Å²) < 4.78 is 30.2. The monoisotopic (exact) mass is 314 g/mol. The Kier molecular flexibility index (Phi) is 6.64. The van der Waals surface area contributed by atoms with E-state index in [-0.39, 0.29) is 18.2 Å². The summed E-state index contributed by atoms with van der Waals surface area (Å²) >= 11 is 0. The van der Waals surface area contributed by atoms with Gasteiger partial charge in [0.15, 0.2) is 0 Å². The molecule has 21 heavy (non-hydrogen) atoms. The van der Waals surface area contributed by atoms with E-state index in [1.54, 1.807) is 18.9 Å². The number of rotatable bonds is 8. The zero-order valence-electron chi connectivity index (χ0n) is 12.6. The van der Waals surface area contributed by atoms with Crippen molar-refractivity contribution in [1.82, 2.24) is 9.62 Å². The fourth-order valence-electron chi connectivity index (χ4n) is 1.74. The van der Waals surface area contributed by atoms with E-state index in [9.17, 15) is 13.2 Å². The number of hydrogen-bond acceptors (Lipinski definition) is 4. The molecule has 0 aliphatic rings. The van der Waals surface area contributed by atoms with E-state index >= 15 is 0 Å². The maximum atomic E-state index is 11.6. The summed E-state index contributed by atoms with van der Waals surface area (Å²) in [5, 5.41) is 0. The topological polar surface area (TPSA) is 75.7 Å². The van der Waals surface area contributed by atoms with Crippen LogP contribution in [0.15, 0.2) is 24.3 Å². The van der Waals surface area contributed by atoms with Gasteiger partial charge in [-0.1, -0.05) is 12.1 Å². The molecular formula is C14H22N2O4S. The van der Waals surface area contributed by atoms with Crippen molar-refractivity contribution in [3.8, 4) is 5.75 Å². The van der Waals surface area contributed by atoms with Crippen LogP contribution in [-0.2, 0) is 21.4 Å². The van der Waals surface area contributed by atoms with E-state index < -0.39 is 10.0 Å². The first-order valence-corrected chi connectivity index (χ1v) is 8.39. The van der Waals surface area contributed by atoms with Crippen LogP contribution in [-0.4, -0.2) is 45.2 Å². The number of nitrogens with zero attached hydrogens (tertiary/aromatic N) is 1. The van der Waals surface area contributed by atoms with Crippen molar-refractivity contribution >= 4 is 15.9 Å². The lowest BCUT2D eigenvalue weighted by Crippen LogP contribution is -2.37. The first-order valence-electron chi connectivity index (χ1n) is 6.73. The molecule has 1 rings (SSSR count). The molecule has 0 spiro atoms. The second kappa shape index (κ2) is 7.99. The zero-order chi connectivity index (χ0) is 15.9. The standard InChI is InChI=1S/C14H22N2O4S/c1-4-21(18,19)15-9-10-16(12(2)17)11-13-5-7-14(20-3)8-6-13/h5-8,15H,4,9-11H2,1-3H3. The quantitative estimate of drug-likeness (QED) is 0.776. The van der Waals surface area contributed by atoms with E-state index in [1.165, 1.54) is 6.92 Å². The fraction of sp³-hybridized carbons (Fsp3) is 0.500. The molecule has 0 aliphatic carbocycles. The molecule has 0 radical (unpaired) electrons. The van der Waals surface area contributed by atoms with Crippen LogP contribution in [0.1, 0.15) is 19.4 Å². The largest absolute Gasteiger partial charge is 0.497 e. The van der Waals surface area contributed by atoms with Gasteiger partial charge in [0.05, 0.1) is 12.9 Å². The number of methoxy groups -OCH3 is 1. The summed E-state index contributed by atoms with van der Waals surface area (Å²) in [6, 6.07) is 7.41. The summed E-state index contributed by atoms with van der Waals surface area (Å²) in [4.78, 5) is 13.2. The van der Waals surface area contributed by atoms with Crippen LogP contribution in [0, 0.1) is 0 Å². The molecule has 0 saturated heterocycles. The number of nitrogens with one attached hydrogen (secondary N) is 1. The summed E-state index contributed by atoms with van der Waals surface area (Å²) in [6.07, 6.45) is 0. The Morgan fingerprint density at radius 3 is 2.38 bits per heavy atom. The SMILES string of the molecule is CCS(=O)(=O)NCCN(Cc1ccc(OC)cc1)C(C)=O. The van der Waals surface area contributed by atoms with Crippen molar-refractivity contribution in [2.45, 2.75) is 20.4 Å². The highest BCUT2D eigenvalue weighted by Crippen LogP contribution is 2.13. The summed E-state index contributed by atoms with van der Waals surface area (Å²) in [6.45, 7) is 4.03. The number of carbonyl (C=O) groups is 1. The predicted molar refractivity (Wildman–Crippen MR) is 81.5 cm³/mol. The van der Waals surface area contributed by atoms with Crippen molar-refractivity contribution in [2.24, 2.45) is 0 Å². The smallest absolute Gasteiger partial charge is 0.219 e. The predicted octanol–water partition coefficient (Wildman–Crippen LogP) is 0.983. The highest BCUT2D eigenvalue weighted by Gasteiger charge is 2.11. The minimum atomic E-state index is -3.23. The summed E-state index contributed by atoms with van der Waals surface area (Å²) in [5.74, 6) is 0.691. The van der Waals surface area contributed by atoms with Gasteiger partial charge in [-0.25, -0.2) is 13.1 Å². The summed E-state index contributed by atoms with van der Waals surface area (Å²) in [7, 11) is -1.63. The molecule has 0 heterocycles. The number of ether oxygens (including phenoxy) is 1. The van der Waals surface area contributed by atoms with E-state index in [1.807, 2.05) is 24.3 Å². The maximum absolute atomic E-state index is 11.6. The van der Waals surface area contributed by atoms with E-state index in [0.29, 0.717) is 13.1 Å². The molecule has 1 amide bonds. The third kappa shape index (κ3) is 6.14. The second-order valence-corrected chi connectivity index (χ2v) is 6.68. The van der Waals surface area contributed by atoms with Crippen molar-refractivity contribution in [2.75, 3.05) is 26.0 Å². The average molecular weight is 314 g/mol. The molecule has 6 nitrogen and oxygen atoms in total. The van der Waals surface area contributed by atoms with Gasteiger partial charge in [0.1, 0.15) is 5.75 Å². The fourth-order valence-corrected chi connectivity index (χ4v) is 2.34. The molecule has 7 heteroatoms. The van der Waals surface area contributed by atoms with Gasteiger partial charge in [-0.15, -0.1) is 0 Å². The van der Waals surface area contributed by atoms with Gasteiger partial charge in [-0.3, -0.25) is 4.79 Å². The molecule has 0 saturated carbocycles. The molecule has 0 unspecified atom stereocenters. The Bertz CT molecular complexity index is 555. The second-order valence-electron chi connectivity index (χ2n) is 4.59. The van der Waals surface area contributed by atoms with Crippen molar-refractivity contribution in [3.63, 3.8) is 0 Å². The first-order chi connectivity index (χ1) is 9.88. The Morgan fingerprint density at radius 2 is 1.90 bits per heavy atom. The Morgan fingerprint density at radius 1 is 1.29 bits per heavy atom. The lowest BCUT2D eigenvalue weighted by molar-refractivity contribution is -0.129. The Balaban J connectivity index is 2.59. The third-order valence-electron chi connectivity index (χ3n) is 3.06. The van der Waals surface area contributed by atoms with Gasteiger partial charge in [0, 0.05) is 26.6 Å². The van der Waals surface area contributed by atoms with Crippen LogP contribution in [0.4, 0.5) is 0 Å².